The fourth-order valence-corrected chi connectivity index (χ4v) is 1.48. The number of hydrogen-bond donors (Lipinski definition) is 3. The van der Waals surface area contributed by atoms with Gasteiger partial charge in [0.05, 0.1) is 6.61 Å². The lowest BCUT2D eigenvalue weighted by Gasteiger charge is -2.13. The molecule has 5 heteroatoms. The average molecular weight is 238 g/mol. The molecule has 0 radical (unpaired) electrons. The Morgan fingerprint density at radius 3 is 2.59 bits per heavy atom. The molecule has 96 valence electrons. The molecule has 0 aliphatic carbocycles. The maximum Gasteiger partial charge on any atom is 0.133 e. The molecule has 0 spiro atoms. The lowest BCUT2D eigenvalue weighted by atomic mass is 10.3. The van der Waals surface area contributed by atoms with Crippen molar-refractivity contribution in [2.45, 2.75) is 39.7 Å². The Hall–Kier alpha value is -1.36. The lowest BCUT2D eigenvalue weighted by molar-refractivity contribution is 0.281. The average Bonchev–Trinajstić information content (AvgIpc) is 2.29. The van der Waals surface area contributed by atoms with Crippen LogP contribution in [-0.2, 0) is 6.42 Å². The molecule has 0 amide bonds. The third-order valence-corrected chi connectivity index (χ3v) is 2.27. The van der Waals surface area contributed by atoms with Gasteiger partial charge in [-0.15, -0.1) is 0 Å². The van der Waals surface area contributed by atoms with Crippen molar-refractivity contribution in [3.8, 4) is 0 Å². The molecule has 1 heterocycles. The van der Waals surface area contributed by atoms with Crippen molar-refractivity contribution < 1.29 is 5.11 Å². The summed E-state index contributed by atoms with van der Waals surface area (Å²) in [6.45, 7) is 6.97. The van der Waals surface area contributed by atoms with Crippen molar-refractivity contribution in [2.75, 3.05) is 23.8 Å². The van der Waals surface area contributed by atoms with Crippen molar-refractivity contribution in [3.05, 3.63) is 11.9 Å². The van der Waals surface area contributed by atoms with Crippen molar-refractivity contribution in [3.63, 3.8) is 0 Å². The zero-order valence-electron chi connectivity index (χ0n) is 10.8. The molecule has 0 aliphatic rings. The summed E-state index contributed by atoms with van der Waals surface area (Å²) in [5, 5.41) is 15.4. The van der Waals surface area contributed by atoms with E-state index in [1.165, 1.54) is 0 Å². The summed E-state index contributed by atoms with van der Waals surface area (Å²) in [6, 6.07) is 1.86. The van der Waals surface area contributed by atoms with E-state index in [1.807, 2.05) is 19.9 Å². The molecule has 1 rings (SSSR count). The second-order valence-electron chi connectivity index (χ2n) is 4.06. The molecular formula is C12H22N4O. The summed E-state index contributed by atoms with van der Waals surface area (Å²) in [7, 11) is 0. The van der Waals surface area contributed by atoms with Crippen LogP contribution in [0.2, 0.25) is 0 Å². The van der Waals surface area contributed by atoms with Gasteiger partial charge in [0.25, 0.3) is 0 Å². The summed E-state index contributed by atoms with van der Waals surface area (Å²) < 4.78 is 0. The maximum absolute atomic E-state index is 9.02. The molecule has 1 aromatic heterocycles. The molecule has 0 aliphatic heterocycles. The van der Waals surface area contributed by atoms with Crippen LogP contribution in [0.15, 0.2) is 6.07 Å². The second-order valence-corrected chi connectivity index (χ2v) is 4.06. The number of rotatable bonds is 7. The monoisotopic (exact) mass is 238 g/mol. The van der Waals surface area contributed by atoms with E-state index in [1.54, 1.807) is 0 Å². The van der Waals surface area contributed by atoms with Gasteiger partial charge >= 0.3 is 0 Å². The highest BCUT2D eigenvalue weighted by molar-refractivity contribution is 5.48. The van der Waals surface area contributed by atoms with Crippen molar-refractivity contribution in [1.29, 1.82) is 0 Å². The Balaban J connectivity index is 2.86. The minimum absolute atomic E-state index is 0.00569. The Bertz CT molecular complexity index is 319. The van der Waals surface area contributed by atoms with Crippen molar-refractivity contribution in [1.82, 2.24) is 9.97 Å². The molecule has 17 heavy (non-hydrogen) atoms. The first kappa shape index (κ1) is 13.7. The van der Waals surface area contributed by atoms with Crippen LogP contribution in [0.1, 0.15) is 33.0 Å². The van der Waals surface area contributed by atoms with E-state index in [0.29, 0.717) is 0 Å². The topological polar surface area (TPSA) is 70.1 Å². The van der Waals surface area contributed by atoms with E-state index in [0.717, 1.165) is 36.8 Å². The van der Waals surface area contributed by atoms with Gasteiger partial charge in [-0.3, -0.25) is 0 Å². The first-order valence-electron chi connectivity index (χ1n) is 6.18. The van der Waals surface area contributed by atoms with Gasteiger partial charge in [0.2, 0.25) is 0 Å². The van der Waals surface area contributed by atoms with Gasteiger partial charge in [-0.2, -0.15) is 0 Å². The Morgan fingerprint density at radius 1 is 1.29 bits per heavy atom. The van der Waals surface area contributed by atoms with Crippen LogP contribution in [-0.4, -0.2) is 34.3 Å². The van der Waals surface area contributed by atoms with E-state index in [-0.39, 0.29) is 12.6 Å². The number of aryl methyl sites for hydroxylation is 1. The Morgan fingerprint density at radius 2 is 2.00 bits per heavy atom. The molecular weight excluding hydrogens is 216 g/mol. The molecule has 1 aromatic rings. The maximum atomic E-state index is 9.02. The smallest absolute Gasteiger partial charge is 0.133 e. The van der Waals surface area contributed by atoms with Crippen molar-refractivity contribution in [2.24, 2.45) is 0 Å². The van der Waals surface area contributed by atoms with Crippen LogP contribution in [0.5, 0.6) is 0 Å². The minimum Gasteiger partial charge on any atom is -0.394 e. The van der Waals surface area contributed by atoms with Crippen LogP contribution >= 0.6 is 0 Å². The first-order chi connectivity index (χ1) is 8.19. The van der Waals surface area contributed by atoms with Gasteiger partial charge in [0.15, 0.2) is 0 Å². The van der Waals surface area contributed by atoms with Gasteiger partial charge < -0.3 is 15.7 Å². The zero-order valence-corrected chi connectivity index (χ0v) is 10.8. The molecule has 0 saturated heterocycles. The molecule has 1 unspecified atom stereocenters. The van der Waals surface area contributed by atoms with Crippen LogP contribution < -0.4 is 10.6 Å². The normalized spacial score (nSPS) is 12.2. The van der Waals surface area contributed by atoms with Crippen LogP contribution in [0.25, 0.3) is 0 Å². The fourth-order valence-electron chi connectivity index (χ4n) is 1.48. The number of nitrogens with zero attached hydrogens (tertiary/aromatic N) is 2. The highest BCUT2D eigenvalue weighted by Crippen LogP contribution is 2.13. The number of anilines is 2. The molecule has 0 bridgehead atoms. The van der Waals surface area contributed by atoms with Gasteiger partial charge in [-0.25, -0.2) is 9.97 Å². The lowest BCUT2D eigenvalue weighted by Crippen LogP contribution is -2.20. The highest BCUT2D eigenvalue weighted by Gasteiger charge is 2.06. The number of aliphatic hydroxyl groups is 1. The SMILES string of the molecule is CCCc1nc(NCC)cc(NC(C)CO)n1. The van der Waals surface area contributed by atoms with E-state index < -0.39 is 0 Å². The summed E-state index contributed by atoms with van der Waals surface area (Å²) in [6.07, 6.45) is 1.88. The number of aromatic nitrogens is 2. The van der Waals surface area contributed by atoms with Gasteiger partial charge in [0, 0.05) is 25.1 Å². The highest BCUT2D eigenvalue weighted by atomic mass is 16.3. The molecule has 0 aromatic carbocycles. The van der Waals surface area contributed by atoms with Gasteiger partial charge in [-0.05, 0) is 20.3 Å². The third-order valence-electron chi connectivity index (χ3n) is 2.27. The van der Waals surface area contributed by atoms with Crippen LogP contribution in [0.4, 0.5) is 11.6 Å². The second kappa shape index (κ2) is 7.06. The zero-order chi connectivity index (χ0) is 12.7. The molecule has 5 nitrogen and oxygen atoms in total. The van der Waals surface area contributed by atoms with Gasteiger partial charge in [0.1, 0.15) is 17.5 Å². The van der Waals surface area contributed by atoms with Crippen LogP contribution in [0, 0.1) is 0 Å². The molecule has 0 fully saturated rings. The van der Waals surface area contributed by atoms with E-state index in [2.05, 4.69) is 27.5 Å². The summed E-state index contributed by atoms with van der Waals surface area (Å²) in [5.41, 5.74) is 0. The first-order valence-corrected chi connectivity index (χ1v) is 6.18. The molecule has 1 atom stereocenters. The summed E-state index contributed by atoms with van der Waals surface area (Å²) in [4.78, 5) is 8.84. The molecule has 0 saturated carbocycles. The quantitative estimate of drug-likeness (QED) is 0.674. The van der Waals surface area contributed by atoms with Crippen molar-refractivity contribution >= 4 is 11.6 Å². The summed E-state index contributed by atoms with van der Waals surface area (Å²) in [5.74, 6) is 2.43. The fraction of sp³-hybridized carbons (Fsp3) is 0.667. The third kappa shape index (κ3) is 4.56. The minimum atomic E-state index is -0.00569. The Kier molecular flexibility index (Phi) is 5.69. The Labute approximate surface area is 103 Å². The number of aliphatic hydroxyl groups excluding tert-OH is 1. The number of nitrogens with one attached hydrogen (secondary N) is 2. The van der Waals surface area contributed by atoms with E-state index in [9.17, 15) is 0 Å². The largest absolute Gasteiger partial charge is 0.394 e. The predicted molar refractivity (Wildman–Crippen MR) is 70.4 cm³/mol. The number of hydrogen-bond acceptors (Lipinski definition) is 5. The van der Waals surface area contributed by atoms with E-state index in [4.69, 9.17) is 5.11 Å². The van der Waals surface area contributed by atoms with E-state index >= 15 is 0 Å². The summed E-state index contributed by atoms with van der Waals surface area (Å²) >= 11 is 0. The molecule has 3 N–H and O–H groups in total. The predicted octanol–water partition coefficient (Wildman–Crippen LogP) is 1.65. The standard InChI is InChI=1S/C12H22N4O/c1-4-6-10-15-11(13-5-2)7-12(16-10)14-9(3)8-17/h7,9,17H,4-6,8H2,1-3H3,(H2,13,14,15,16). The van der Waals surface area contributed by atoms with Gasteiger partial charge in [-0.1, -0.05) is 6.92 Å². The van der Waals surface area contributed by atoms with Crippen LogP contribution in [0.3, 0.4) is 0 Å².